The van der Waals surface area contributed by atoms with E-state index in [9.17, 15) is 30.8 Å². The summed E-state index contributed by atoms with van der Waals surface area (Å²) in [6.45, 7) is 1.62. The van der Waals surface area contributed by atoms with Crippen LogP contribution in [-0.2, 0) is 34.1 Å². The van der Waals surface area contributed by atoms with Crippen molar-refractivity contribution in [3.8, 4) is 0 Å². The lowest BCUT2D eigenvalue weighted by Crippen LogP contribution is -2.29. The minimum atomic E-state index is -4.56. The predicted molar refractivity (Wildman–Crippen MR) is 120 cm³/mol. The zero-order chi connectivity index (χ0) is 25.1. The van der Waals surface area contributed by atoms with Crippen LogP contribution in [-0.4, -0.2) is 26.1 Å². The Kier molecular flexibility index (Phi) is 7.25. The van der Waals surface area contributed by atoms with Gasteiger partial charge in [0.1, 0.15) is 11.5 Å². The van der Waals surface area contributed by atoms with Gasteiger partial charge in [0.15, 0.2) is 0 Å². The molecule has 2 aromatic carbocycles. The van der Waals surface area contributed by atoms with Crippen LogP contribution in [0.1, 0.15) is 22.4 Å². The molecule has 1 aromatic heterocycles. The molecule has 0 radical (unpaired) electrons. The van der Waals surface area contributed by atoms with Gasteiger partial charge in [-0.15, -0.1) is 0 Å². The van der Waals surface area contributed by atoms with Gasteiger partial charge in [-0.1, -0.05) is 12.1 Å². The standard InChI is InChI=1S/C23H21F4N3O3S/c1-16-3-5-19(24)11-18(16)14-30(34(2,32)33)21-8-6-20(7-9-21)29(15-31)13-17-4-10-22(28-12-17)23(25,26)27/h3-12,15H,13-14H2,1-2H3. The van der Waals surface area contributed by atoms with E-state index in [0.717, 1.165) is 28.4 Å². The van der Waals surface area contributed by atoms with E-state index in [-0.39, 0.29) is 13.1 Å². The summed E-state index contributed by atoms with van der Waals surface area (Å²) in [6, 6.07) is 12.2. The van der Waals surface area contributed by atoms with Gasteiger partial charge in [0.05, 0.1) is 25.0 Å². The number of carbonyl (C=O) groups excluding carboxylic acids is 1. The number of pyridine rings is 1. The maximum absolute atomic E-state index is 13.7. The Hall–Kier alpha value is -3.47. The lowest BCUT2D eigenvalue weighted by molar-refractivity contribution is -0.141. The fraction of sp³-hybridized carbons (Fsp3) is 0.217. The van der Waals surface area contributed by atoms with Crippen LogP contribution in [0.4, 0.5) is 28.9 Å². The van der Waals surface area contributed by atoms with Gasteiger partial charge in [-0.2, -0.15) is 13.2 Å². The molecule has 0 aliphatic rings. The molecule has 1 heterocycles. The maximum Gasteiger partial charge on any atom is 0.433 e. The van der Waals surface area contributed by atoms with Crippen molar-refractivity contribution in [1.29, 1.82) is 0 Å². The highest BCUT2D eigenvalue weighted by atomic mass is 32.2. The number of hydrogen-bond acceptors (Lipinski definition) is 4. The van der Waals surface area contributed by atoms with Crippen molar-refractivity contribution in [3.63, 3.8) is 0 Å². The van der Waals surface area contributed by atoms with Crippen molar-refractivity contribution in [3.05, 3.63) is 89.0 Å². The Bertz CT molecular complexity index is 1260. The number of sulfonamides is 1. The molecule has 0 bridgehead atoms. The molecule has 0 aliphatic heterocycles. The summed E-state index contributed by atoms with van der Waals surface area (Å²) in [6.07, 6.45) is -1.98. The van der Waals surface area contributed by atoms with E-state index in [1.54, 1.807) is 13.0 Å². The van der Waals surface area contributed by atoms with Gasteiger partial charge in [0.2, 0.25) is 16.4 Å². The van der Waals surface area contributed by atoms with E-state index < -0.39 is 27.7 Å². The first-order valence-electron chi connectivity index (χ1n) is 9.95. The van der Waals surface area contributed by atoms with Gasteiger partial charge < -0.3 is 4.90 Å². The molecule has 0 N–H and O–H groups in total. The van der Waals surface area contributed by atoms with Crippen LogP contribution in [0.2, 0.25) is 0 Å². The molecule has 0 spiro atoms. The number of amides is 1. The summed E-state index contributed by atoms with van der Waals surface area (Å²) in [5, 5.41) is 0. The van der Waals surface area contributed by atoms with Gasteiger partial charge in [0.25, 0.3) is 0 Å². The highest BCUT2D eigenvalue weighted by molar-refractivity contribution is 7.92. The van der Waals surface area contributed by atoms with Crippen molar-refractivity contribution in [1.82, 2.24) is 4.98 Å². The Balaban J connectivity index is 1.83. The summed E-state index contributed by atoms with van der Waals surface area (Å²) in [5.41, 5.74) is 1.27. The normalized spacial score (nSPS) is 11.8. The van der Waals surface area contributed by atoms with Crippen LogP contribution in [0.25, 0.3) is 0 Å². The van der Waals surface area contributed by atoms with Crippen molar-refractivity contribution in [2.75, 3.05) is 15.5 Å². The average molecular weight is 495 g/mol. The number of rotatable bonds is 8. The number of benzene rings is 2. The quantitative estimate of drug-likeness (QED) is 0.336. The third kappa shape index (κ3) is 6.10. The fourth-order valence-corrected chi connectivity index (χ4v) is 4.13. The van der Waals surface area contributed by atoms with Crippen LogP contribution in [0.3, 0.4) is 0 Å². The second-order valence-electron chi connectivity index (χ2n) is 7.64. The topological polar surface area (TPSA) is 70.6 Å². The van der Waals surface area contributed by atoms with Crippen molar-refractivity contribution in [2.45, 2.75) is 26.2 Å². The Morgan fingerprint density at radius 1 is 0.971 bits per heavy atom. The molecular weight excluding hydrogens is 474 g/mol. The SMILES string of the molecule is Cc1ccc(F)cc1CN(c1ccc(N(C=O)Cc2ccc(C(F)(F)F)nc2)cc1)S(C)(=O)=O. The summed E-state index contributed by atoms with van der Waals surface area (Å²) in [5.74, 6) is -0.483. The molecule has 3 aromatic rings. The molecule has 0 saturated carbocycles. The summed E-state index contributed by atoms with van der Waals surface area (Å²) < 4.78 is 77.7. The van der Waals surface area contributed by atoms with E-state index in [4.69, 9.17) is 0 Å². The van der Waals surface area contributed by atoms with Crippen LogP contribution in [0.15, 0.2) is 60.8 Å². The molecule has 6 nitrogen and oxygen atoms in total. The molecule has 0 fully saturated rings. The first-order valence-corrected chi connectivity index (χ1v) is 11.8. The number of halogens is 4. The third-order valence-corrected chi connectivity index (χ3v) is 6.23. The number of aromatic nitrogens is 1. The van der Waals surface area contributed by atoms with Crippen LogP contribution < -0.4 is 9.21 Å². The Morgan fingerprint density at radius 3 is 2.15 bits per heavy atom. The smallest absolute Gasteiger partial charge is 0.311 e. The Morgan fingerprint density at radius 2 is 1.62 bits per heavy atom. The maximum atomic E-state index is 13.7. The van der Waals surface area contributed by atoms with E-state index in [1.165, 1.54) is 47.4 Å². The monoisotopic (exact) mass is 495 g/mol. The van der Waals surface area contributed by atoms with E-state index in [0.29, 0.717) is 28.9 Å². The number of hydrogen-bond donors (Lipinski definition) is 0. The van der Waals surface area contributed by atoms with E-state index in [1.807, 2.05) is 0 Å². The zero-order valence-electron chi connectivity index (χ0n) is 18.3. The molecule has 3 rings (SSSR count). The van der Waals surface area contributed by atoms with Gasteiger partial charge in [-0.3, -0.25) is 14.1 Å². The van der Waals surface area contributed by atoms with Gasteiger partial charge in [0, 0.05) is 11.9 Å². The summed E-state index contributed by atoms with van der Waals surface area (Å²) in [7, 11) is -3.72. The molecule has 0 saturated heterocycles. The van der Waals surface area contributed by atoms with Gasteiger partial charge >= 0.3 is 6.18 Å². The molecule has 0 unspecified atom stereocenters. The second kappa shape index (κ2) is 9.80. The second-order valence-corrected chi connectivity index (χ2v) is 9.55. The highest BCUT2D eigenvalue weighted by Gasteiger charge is 2.32. The predicted octanol–water partition coefficient (Wildman–Crippen LogP) is 4.68. The Labute approximate surface area is 194 Å². The number of nitrogens with zero attached hydrogens (tertiary/aromatic N) is 3. The molecule has 11 heteroatoms. The van der Waals surface area contributed by atoms with E-state index in [2.05, 4.69) is 4.98 Å². The van der Waals surface area contributed by atoms with Crippen LogP contribution >= 0.6 is 0 Å². The largest absolute Gasteiger partial charge is 0.433 e. The number of alkyl halides is 3. The minimum absolute atomic E-state index is 0.0355. The van der Waals surface area contributed by atoms with Crippen molar-refractivity contribution < 1.29 is 30.8 Å². The first kappa shape index (κ1) is 25.2. The zero-order valence-corrected chi connectivity index (χ0v) is 19.1. The summed E-state index contributed by atoms with van der Waals surface area (Å²) in [4.78, 5) is 16.2. The van der Waals surface area contributed by atoms with Crippen molar-refractivity contribution >= 4 is 27.8 Å². The number of aryl methyl sites for hydroxylation is 1. The third-order valence-electron chi connectivity index (χ3n) is 5.09. The molecule has 0 atom stereocenters. The summed E-state index contributed by atoms with van der Waals surface area (Å²) >= 11 is 0. The molecule has 0 aliphatic carbocycles. The van der Waals surface area contributed by atoms with Crippen LogP contribution in [0.5, 0.6) is 0 Å². The molecule has 34 heavy (non-hydrogen) atoms. The molecule has 1 amide bonds. The molecule has 180 valence electrons. The van der Waals surface area contributed by atoms with E-state index >= 15 is 0 Å². The lowest BCUT2D eigenvalue weighted by Gasteiger charge is -2.24. The highest BCUT2D eigenvalue weighted by Crippen LogP contribution is 2.28. The first-order chi connectivity index (χ1) is 15.9. The number of carbonyl (C=O) groups is 1. The molecular formula is C23H21F4N3O3S. The van der Waals surface area contributed by atoms with Crippen LogP contribution in [0, 0.1) is 12.7 Å². The van der Waals surface area contributed by atoms with Gasteiger partial charge in [-0.05, 0) is 66.1 Å². The van der Waals surface area contributed by atoms with Gasteiger partial charge in [-0.25, -0.2) is 12.8 Å². The average Bonchev–Trinajstić information content (AvgIpc) is 2.77. The lowest BCUT2D eigenvalue weighted by atomic mass is 10.1. The fourth-order valence-electron chi connectivity index (χ4n) is 3.25. The number of anilines is 2. The minimum Gasteiger partial charge on any atom is -0.311 e. The van der Waals surface area contributed by atoms with Crippen molar-refractivity contribution in [2.24, 2.45) is 0 Å².